The van der Waals surface area contributed by atoms with Gasteiger partial charge < -0.3 is 4.84 Å². The van der Waals surface area contributed by atoms with Gasteiger partial charge in [0.1, 0.15) is 11.5 Å². The zero-order valence-electron chi connectivity index (χ0n) is 13.8. The van der Waals surface area contributed by atoms with Crippen molar-refractivity contribution in [2.45, 2.75) is 0 Å². The van der Waals surface area contributed by atoms with Crippen molar-refractivity contribution in [3.05, 3.63) is 106 Å². The van der Waals surface area contributed by atoms with E-state index in [0.29, 0.717) is 11.1 Å². The minimum atomic E-state index is -0.957. The fourth-order valence-corrected chi connectivity index (χ4v) is 2.29. The summed E-state index contributed by atoms with van der Waals surface area (Å²) in [6, 6.07) is 14.2. The van der Waals surface area contributed by atoms with E-state index in [4.69, 9.17) is 4.84 Å². The normalized spacial score (nSPS) is 11.1. The fourth-order valence-electron chi connectivity index (χ4n) is 2.29. The molecular weight excluding hydrogens is 353 g/mol. The number of pyridine rings is 1. The van der Waals surface area contributed by atoms with Gasteiger partial charge in [0, 0.05) is 35.7 Å². The van der Waals surface area contributed by atoms with Crippen molar-refractivity contribution in [2.75, 3.05) is 0 Å². The maximum Gasteiger partial charge on any atom is 0.368 e. The van der Waals surface area contributed by atoms with Gasteiger partial charge in [0.05, 0.1) is 10.5 Å². The smallest absolute Gasteiger partial charge is 0.312 e. The molecular formula is C19H12FN3O4. The number of oxime groups is 1. The van der Waals surface area contributed by atoms with Gasteiger partial charge in [-0.25, -0.2) is 9.18 Å². The molecule has 1 heterocycles. The summed E-state index contributed by atoms with van der Waals surface area (Å²) >= 11 is 0. The van der Waals surface area contributed by atoms with Crippen LogP contribution >= 0.6 is 0 Å². The summed E-state index contributed by atoms with van der Waals surface area (Å²) in [5.74, 6) is -1.68. The lowest BCUT2D eigenvalue weighted by molar-refractivity contribution is -0.384. The van der Waals surface area contributed by atoms with Gasteiger partial charge >= 0.3 is 5.97 Å². The highest BCUT2D eigenvalue weighted by molar-refractivity contribution is 6.12. The molecule has 0 saturated heterocycles. The van der Waals surface area contributed by atoms with Crippen molar-refractivity contribution in [1.82, 2.24) is 4.98 Å². The van der Waals surface area contributed by atoms with Crippen LogP contribution in [0.5, 0.6) is 0 Å². The van der Waals surface area contributed by atoms with Crippen molar-refractivity contribution in [1.29, 1.82) is 0 Å². The Kier molecular flexibility index (Phi) is 5.27. The number of aromatic nitrogens is 1. The lowest BCUT2D eigenvalue weighted by Gasteiger charge is -2.07. The average molecular weight is 365 g/mol. The molecule has 1 aromatic heterocycles. The third kappa shape index (κ3) is 4.18. The summed E-state index contributed by atoms with van der Waals surface area (Å²) in [5, 5.41) is 14.7. The Hall–Kier alpha value is -3.94. The van der Waals surface area contributed by atoms with Gasteiger partial charge in [0.15, 0.2) is 0 Å². The zero-order valence-corrected chi connectivity index (χ0v) is 13.8. The highest BCUT2D eigenvalue weighted by Gasteiger charge is 2.15. The summed E-state index contributed by atoms with van der Waals surface area (Å²) in [6.45, 7) is 0. The first-order chi connectivity index (χ1) is 13.1. The van der Waals surface area contributed by atoms with E-state index in [0.717, 1.165) is 6.07 Å². The van der Waals surface area contributed by atoms with Crippen LogP contribution in [-0.2, 0) is 4.84 Å². The average Bonchev–Trinajstić information content (AvgIpc) is 2.69. The van der Waals surface area contributed by atoms with Crippen molar-refractivity contribution in [3.8, 4) is 0 Å². The lowest BCUT2D eigenvalue weighted by Crippen LogP contribution is -2.09. The Labute approximate surface area is 152 Å². The summed E-state index contributed by atoms with van der Waals surface area (Å²) < 4.78 is 13.7. The molecule has 0 spiro atoms. The van der Waals surface area contributed by atoms with E-state index in [1.54, 1.807) is 12.1 Å². The molecule has 7 nitrogen and oxygen atoms in total. The fraction of sp³-hybridized carbons (Fsp3) is 0. The van der Waals surface area contributed by atoms with E-state index < -0.39 is 16.7 Å². The van der Waals surface area contributed by atoms with Crippen LogP contribution in [-0.4, -0.2) is 21.6 Å². The zero-order chi connectivity index (χ0) is 19.2. The van der Waals surface area contributed by atoms with E-state index in [2.05, 4.69) is 10.1 Å². The van der Waals surface area contributed by atoms with Crippen LogP contribution in [0.2, 0.25) is 0 Å². The Bertz CT molecular complexity index is 1000. The lowest BCUT2D eigenvalue weighted by atomic mass is 10.0. The molecule has 0 N–H and O–H groups in total. The van der Waals surface area contributed by atoms with Crippen LogP contribution in [0.4, 0.5) is 10.1 Å². The monoisotopic (exact) mass is 365 g/mol. The molecule has 134 valence electrons. The number of benzene rings is 2. The predicted octanol–water partition coefficient (Wildman–Crippen LogP) is 3.74. The molecule has 0 aliphatic heterocycles. The summed E-state index contributed by atoms with van der Waals surface area (Å²) in [4.78, 5) is 31.2. The van der Waals surface area contributed by atoms with Crippen LogP contribution in [0.1, 0.15) is 21.5 Å². The van der Waals surface area contributed by atoms with Gasteiger partial charge in [0.2, 0.25) is 0 Å². The summed E-state index contributed by atoms with van der Waals surface area (Å²) in [5.41, 5.74) is 0.959. The third-order valence-electron chi connectivity index (χ3n) is 3.62. The minimum absolute atomic E-state index is 0.0869. The maximum absolute atomic E-state index is 13.7. The van der Waals surface area contributed by atoms with Gasteiger partial charge in [0.25, 0.3) is 5.69 Å². The topological polar surface area (TPSA) is 94.7 Å². The molecule has 0 bridgehead atoms. The van der Waals surface area contributed by atoms with Crippen molar-refractivity contribution >= 4 is 17.4 Å². The van der Waals surface area contributed by atoms with E-state index >= 15 is 0 Å². The number of carbonyl (C=O) groups excluding carboxylic acids is 1. The Morgan fingerprint density at radius 3 is 2.26 bits per heavy atom. The first-order valence-electron chi connectivity index (χ1n) is 7.75. The van der Waals surface area contributed by atoms with E-state index in [9.17, 15) is 19.3 Å². The molecule has 0 saturated carbocycles. The second kappa shape index (κ2) is 7.96. The van der Waals surface area contributed by atoms with Crippen LogP contribution in [0.15, 0.2) is 78.2 Å². The number of hydrogen-bond acceptors (Lipinski definition) is 6. The number of carbonyl (C=O) groups is 1. The van der Waals surface area contributed by atoms with Crippen LogP contribution in [0, 0.1) is 15.9 Å². The largest absolute Gasteiger partial charge is 0.368 e. The highest BCUT2D eigenvalue weighted by atomic mass is 19.1. The summed E-state index contributed by atoms with van der Waals surface area (Å²) in [6.07, 6.45) is 3.05. The number of rotatable bonds is 5. The Morgan fingerprint density at radius 2 is 1.63 bits per heavy atom. The first-order valence-corrected chi connectivity index (χ1v) is 7.75. The molecule has 0 atom stereocenters. The van der Waals surface area contributed by atoms with Crippen LogP contribution in [0.3, 0.4) is 0 Å². The van der Waals surface area contributed by atoms with Crippen LogP contribution in [0.25, 0.3) is 0 Å². The maximum atomic E-state index is 13.7. The van der Waals surface area contributed by atoms with Crippen molar-refractivity contribution in [2.24, 2.45) is 5.16 Å². The molecule has 3 rings (SSSR count). The summed E-state index contributed by atoms with van der Waals surface area (Å²) in [7, 11) is 0. The number of nitro benzene ring substituents is 1. The van der Waals surface area contributed by atoms with Gasteiger partial charge in [-0.15, -0.1) is 0 Å². The van der Waals surface area contributed by atoms with E-state index in [1.807, 2.05) is 0 Å². The predicted molar refractivity (Wildman–Crippen MR) is 94.8 cm³/mol. The van der Waals surface area contributed by atoms with Gasteiger partial charge in [-0.05, 0) is 36.4 Å². The molecule has 0 radical (unpaired) electrons. The first kappa shape index (κ1) is 17.9. The molecule has 0 fully saturated rings. The van der Waals surface area contributed by atoms with Gasteiger partial charge in [-0.3, -0.25) is 15.1 Å². The molecule has 3 aromatic rings. The molecule has 0 aliphatic rings. The Balaban J connectivity index is 1.95. The van der Waals surface area contributed by atoms with Crippen molar-refractivity contribution in [3.63, 3.8) is 0 Å². The molecule has 0 aliphatic carbocycles. The molecule has 0 unspecified atom stereocenters. The molecule has 8 heteroatoms. The Morgan fingerprint density at radius 1 is 1.00 bits per heavy atom. The van der Waals surface area contributed by atoms with E-state index in [-0.39, 0.29) is 17.0 Å². The second-order valence-corrected chi connectivity index (χ2v) is 5.34. The number of non-ortho nitro benzene ring substituents is 1. The molecule has 0 amide bonds. The standard InChI is InChI=1S/C19H12FN3O4/c20-17-4-2-1-3-16(17)19(24)27-22-18(14-9-11-21-12-10-14)13-5-7-15(8-6-13)23(25)26/h1-12H. The molecule has 27 heavy (non-hydrogen) atoms. The minimum Gasteiger partial charge on any atom is -0.312 e. The number of halogens is 1. The number of nitrogens with zero attached hydrogens (tertiary/aromatic N) is 3. The quantitative estimate of drug-likeness (QED) is 0.297. The number of hydrogen-bond donors (Lipinski definition) is 0. The highest BCUT2D eigenvalue weighted by Crippen LogP contribution is 2.17. The van der Waals surface area contributed by atoms with E-state index in [1.165, 1.54) is 54.9 Å². The van der Waals surface area contributed by atoms with Crippen LogP contribution < -0.4 is 0 Å². The number of nitro groups is 1. The van der Waals surface area contributed by atoms with Gasteiger partial charge in [-0.1, -0.05) is 17.3 Å². The van der Waals surface area contributed by atoms with Gasteiger partial charge in [-0.2, -0.15) is 0 Å². The molecule has 2 aromatic carbocycles. The van der Waals surface area contributed by atoms with Crippen molar-refractivity contribution < 1.29 is 18.9 Å². The second-order valence-electron chi connectivity index (χ2n) is 5.34. The SMILES string of the molecule is O=C(ON=C(c1ccncc1)c1ccc([N+](=O)[O-])cc1)c1ccccc1F. The third-order valence-corrected chi connectivity index (χ3v) is 3.62.